The summed E-state index contributed by atoms with van der Waals surface area (Å²) in [5, 5.41) is 14.1. The van der Waals surface area contributed by atoms with Crippen molar-refractivity contribution in [2.75, 3.05) is 13.2 Å². The van der Waals surface area contributed by atoms with Gasteiger partial charge in [0.15, 0.2) is 0 Å². The second-order valence-corrected chi connectivity index (χ2v) is 8.22. The number of nitrogens with one attached hydrogen (secondary N) is 1. The summed E-state index contributed by atoms with van der Waals surface area (Å²) < 4.78 is 0. The molecular formula is C16H30ClN5O. The third-order valence-corrected chi connectivity index (χ3v) is 5.06. The molecule has 23 heavy (non-hydrogen) atoms. The van der Waals surface area contributed by atoms with Crippen LogP contribution < -0.4 is 5.43 Å². The highest BCUT2D eigenvalue weighted by Crippen LogP contribution is 2.41. The van der Waals surface area contributed by atoms with E-state index in [1.54, 1.807) is 10.1 Å². The Morgan fingerprint density at radius 1 is 1.26 bits per heavy atom. The highest BCUT2D eigenvalue weighted by atomic mass is 35.5. The van der Waals surface area contributed by atoms with Crippen LogP contribution in [0.1, 0.15) is 59.8 Å². The lowest BCUT2D eigenvalue weighted by Gasteiger charge is -2.51. The molecule has 0 aromatic carbocycles. The summed E-state index contributed by atoms with van der Waals surface area (Å²) in [6, 6.07) is 0. The fraction of sp³-hybridized carbons (Fsp3) is 0.875. The fourth-order valence-electron chi connectivity index (χ4n) is 3.90. The summed E-state index contributed by atoms with van der Waals surface area (Å²) in [5.41, 5.74) is 2.95. The SMILES string of the molecule is CC1(C)CC(CCCCNN2CN=CN=C2Cl)CC(C)(C)N1O. The van der Waals surface area contributed by atoms with Gasteiger partial charge < -0.3 is 5.21 Å². The summed E-state index contributed by atoms with van der Waals surface area (Å²) in [4.78, 5) is 8.01. The molecule has 2 heterocycles. The van der Waals surface area contributed by atoms with Crippen LogP contribution in [-0.4, -0.2) is 51.2 Å². The first-order valence-electron chi connectivity index (χ1n) is 8.44. The molecule has 0 radical (unpaired) electrons. The van der Waals surface area contributed by atoms with Gasteiger partial charge in [0, 0.05) is 17.6 Å². The summed E-state index contributed by atoms with van der Waals surface area (Å²) in [5.74, 6) is 0.660. The number of amidine groups is 1. The molecule has 1 fully saturated rings. The maximum atomic E-state index is 10.3. The lowest BCUT2D eigenvalue weighted by atomic mass is 9.73. The van der Waals surface area contributed by atoms with E-state index in [1.807, 2.05) is 0 Å². The van der Waals surface area contributed by atoms with E-state index >= 15 is 0 Å². The van der Waals surface area contributed by atoms with Gasteiger partial charge in [-0.05, 0) is 64.5 Å². The van der Waals surface area contributed by atoms with E-state index in [-0.39, 0.29) is 11.1 Å². The van der Waals surface area contributed by atoms with Gasteiger partial charge in [-0.1, -0.05) is 12.8 Å². The van der Waals surface area contributed by atoms with Crippen LogP contribution >= 0.6 is 11.6 Å². The molecule has 0 bridgehead atoms. The molecule has 0 atom stereocenters. The van der Waals surface area contributed by atoms with Gasteiger partial charge >= 0.3 is 0 Å². The van der Waals surface area contributed by atoms with Crippen LogP contribution in [-0.2, 0) is 0 Å². The highest BCUT2D eigenvalue weighted by molar-refractivity contribution is 6.65. The van der Waals surface area contributed by atoms with E-state index in [0.29, 0.717) is 17.9 Å². The largest absolute Gasteiger partial charge is 0.313 e. The molecule has 0 aromatic rings. The Bertz CT molecular complexity index is 445. The lowest BCUT2D eigenvalue weighted by molar-refractivity contribution is -0.251. The molecule has 2 N–H and O–H groups in total. The van der Waals surface area contributed by atoms with Crippen molar-refractivity contribution in [3.63, 3.8) is 0 Å². The number of piperidine rings is 1. The normalized spacial score (nSPS) is 24.8. The summed E-state index contributed by atoms with van der Waals surface area (Å²) >= 11 is 5.99. The standard InChI is InChI=1S/C16H30ClN5O/c1-15(2)9-13(10-16(3,4)22(15)23)7-5-6-8-20-21-12-18-11-19-14(21)17/h11,13,20,23H,5-10,12H2,1-4H3. The quantitative estimate of drug-likeness (QED) is 0.574. The molecule has 2 rings (SSSR count). The van der Waals surface area contributed by atoms with Crippen molar-refractivity contribution in [2.45, 2.75) is 70.9 Å². The maximum absolute atomic E-state index is 10.3. The summed E-state index contributed by atoms with van der Waals surface area (Å²) in [6.45, 7) is 9.88. The Labute approximate surface area is 144 Å². The second kappa shape index (κ2) is 7.47. The predicted octanol–water partition coefficient (Wildman–Crippen LogP) is 3.22. The third-order valence-electron chi connectivity index (χ3n) is 4.76. The zero-order valence-electron chi connectivity index (χ0n) is 14.7. The van der Waals surface area contributed by atoms with E-state index in [4.69, 9.17) is 11.6 Å². The van der Waals surface area contributed by atoms with Crippen molar-refractivity contribution in [1.29, 1.82) is 0 Å². The maximum Gasteiger partial charge on any atom is 0.216 e. The topological polar surface area (TPSA) is 63.5 Å². The number of aliphatic imine (C=N–C) groups is 2. The monoisotopic (exact) mass is 343 g/mol. The molecule has 0 unspecified atom stereocenters. The minimum absolute atomic E-state index is 0.152. The van der Waals surface area contributed by atoms with Crippen LogP contribution in [0.5, 0.6) is 0 Å². The summed E-state index contributed by atoms with van der Waals surface area (Å²) in [7, 11) is 0. The van der Waals surface area contributed by atoms with Gasteiger partial charge in [-0.15, -0.1) is 0 Å². The van der Waals surface area contributed by atoms with E-state index in [1.165, 1.54) is 19.2 Å². The molecule has 0 spiro atoms. The van der Waals surface area contributed by atoms with Crippen LogP contribution in [0, 0.1) is 5.92 Å². The zero-order valence-corrected chi connectivity index (χ0v) is 15.5. The van der Waals surface area contributed by atoms with E-state index in [2.05, 4.69) is 43.1 Å². The van der Waals surface area contributed by atoms with E-state index in [9.17, 15) is 5.21 Å². The number of hydrogen-bond acceptors (Lipinski definition) is 6. The minimum Gasteiger partial charge on any atom is -0.313 e. The number of hydroxylamine groups is 2. The second-order valence-electron chi connectivity index (χ2n) is 7.88. The van der Waals surface area contributed by atoms with Gasteiger partial charge in [-0.2, -0.15) is 5.06 Å². The first-order valence-corrected chi connectivity index (χ1v) is 8.82. The minimum atomic E-state index is -0.152. The van der Waals surface area contributed by atoms with Crippen molar-refractivity contribution in [1.82, 2.24) is 15.5 Å². The number of unbranched alkanes of at least 4 members (excludes halogenated alkanes) is 1. The van der Waals surface area contributed by atoms with Crippen molar-refractivity contribution < 1.29 is 5.21 Å². The van der Waals surface area contributed by atoms with Crippen LogP contribution in [0.2, 0.25) is 0 Å². The Morgan fingerprint density at radius 2 is 1.91 bits per heavy atom. The number of nitrogens with zero attached hydrogens (tertiary/aromatic N) is 4. The van der Waals surface area contributed by atoms with Crippen molar-refractivity contribution >= 4 is 23.2 Å². The van der Waals surface area contributed by atoms with Gasteiger partial charge in [0.25, 0.3) is 0 Å². The van der Waals surface area contributed by atoms with Crippen LogP contribution in [0.15, 0.2) is 9.98 Å². The molecule has 0 saturated carbocycles. The average Bonchev–Trinajstić information content (AvgIpc) is 2.45. The van der Waals surface area contributed by atoms with Gasteiger partial charge in [0.05, 0.1) is 0 Å². The molecule has 2 aliphatic heterocycles. The Balaban J connectivity index is 1.68. The van der Waals surface area contributed by atoms with Crippen molar-refractivity contribution in [2.24, 2.45) is 15.9 Å². The zero-order chi connectivity index (χ0) is 17.1. The Morgan fingerprint density at radius 3 is 2.52 bits per heavy atom. The van der Waals surface area contributed by atoms with E-state index < -0.39 is 0 Å². The van der Waals surface area contributed by atoms with Crippen LogP contribution in [0.4, 0.5) is 0 Å². The Hall–Kier alpha value is -0.690. The summed E-state index contributed by atoms with van der Waals surface area (Å²) in [6.07, 6.45) is 7.02. The highest BCUT2D eigenvalue weighted by Gasteiger charge is 2.44. The van der Waals surface area contributed by atoms with Gasteiger partial charge in [0.1, 0.15) is 13.0 Å². The number of rotatable bonds is 6. The van der Waals surface area contributed by atoms with Crippen molar-refractivity contribution in [3.8, 4) is 0 Å². The number of hydrogen-bond donors (Lipinski definition) is 2. The van der Waals surface area contributed by atoms with Crippen LogP contribution in [0.25, 0.3) is 0 Å². The molecule has 0 amide bonds. The smallest absolute Gasteiger partial charge is 0.216 e. The molecular weight excluding hydrogens is 314 g/mol. The first-order chi connectivity index (χ1) is 10.7. The molecule has 0 aromatic heterocycles. The fourth-order valence-corrected chi connectivity index (χ4v) is 4.06. The van der Waals surface area contributed by atoms with Crippen LogP contribution in [0.3, 0.4) is 0 Å². The van der Waals surface area contributed by atoms with E-state index in [0.717, 1.165) is 25.8 Å². The Kier molecular flexibility index (Phi) is 6.05. The molecule has 7 heteroatoms. The lowest BCUT2D eigenvalue weighted by Crippen LogP contribution is -2.58. The van der Waals surface area contributed by atoms with Gasteiger partial charge in [-0.3, -0.25) is 10.0 Å². The number of hydrazine groups is 1. The molecule has 0 aliphatic carbocycles. The predicted molar refractivity (Wildman–Crippen MR) is 94.8 cm³/mol. The molecule has 1 saturated heterocycles. The third kappa shape index (κ3) is 4.89. The molecule has 6 nitrogen and oxygen atoms in total. The van der Waals surface area contributed by atoms with Crippen molar-refractivity contribution in [3.05, 3.63) is 0 Å². The van der Waals surface area contributed by atoms with Gasteiger partial charge in [-0.25, -0.2) is 10.4 Å². The first kappa shape index (κ1) is 18.6. The molecule has 2 aliphatic rings. The van der Waals surface area contributed by atoms with Gasteiger partial charge in [0.2, 0.25) is 5.29 Å². The average molecular weight is 344 g/mol. The molecule has 132 valence electrons. The number of halogens is 1.